The van der Waals surface area contributed by atoms with Gasteiger partial charge in [-0.2, -0.15) is 5.10 Å². The predicted octanol–water partition coefficient (Wildman–Crippen LogP) is 0.595. The molecule has 0 amide bonds. The minimum absolute atomic E-state index is 0.292. The molecular weight excluding hydrogens is 424 g/mol. The van der Waals surface area contributed by atoms with Crippen LogP contribution in [0.3, 0.4) is 0 Å². The molecule has 0 aliphatic carbocycles. The van der Waals surface area contributed by atoms with Crippen molar-refractivity contribution in [2.24, 2.45) is 10.8 Å². The fraction of sp³-hybridized carbons (Fsp3) is 0.588. The Bertz CT molecular complexity index is 1040. The van der Waals surface area contributed by atoms with E-state index in [1.165, 1.54) is 6.33 Å². The number of hydrogen-bond acceptors (Lipinski definition) is 10. The summed E-state index contributed by atoms with van der Waals surface area (Å²) in [5, 5.41) is 17.9. The van der Waals surface area contributed by atoms with Crippen LogP contribution in [-0.4, -0.2) is 74.6 Å². The van der Waals surface area contributed by atoms with Crippen molar-refractivity contribution in [2.75, 3.05) is 18.7 Å². The molecule has 13 heteroatoms. The van der Waals surface area contributed by atoms with Gasteiger partial charge in [-0.1, -0.05) is 0 Å². The zero-order valence-electron chi connectivity index (χ0n) is 17.6. The maximum atomic E-state index is 11.2. The number of nitrogens with zero attached hydrogens (tertiary/aromatic N) is 5. The normalized spacial score (nSPS) is 32.5. The standard InChI is InChI=1S/C17H26N6O5Si2/c1-22-15-11-9(14(18)21-22)6-23(16(11)20-8-19-15)17-12(24)13-10(26-17)7-25-29(2,3)28-30(4,5)27-13/h6,8,10,12-13,17,24H,7H2,1-5H3,(H2,18,21)/t10-,12+,13?,17-/m1/s1. The third-order valence-electron chi connectivity index (χ3n) is 5.52. The Labute approximate surface area is 175 Å². The Kier molecular flexibility index (Phi) is 4.38. The molecule has 0 spiro atoms. The van der Waals surface area contributed by atoms with E-state index in [1.807, 2.05) is 26.2 Å². The lowest BCUT2D eigenvalue weighted by atomic mass is 10.1. The van der Waals surface area contributed by atoms with E-state index in [-0.39, 0.29) is 0 Å². The molecule has 2 aromatic heterocycles. The molecule has 4 atom stereocenters. The zero-order chi connectivity index (χ0) is 21.4. The molecule has 0 radical (unpaired) electrons. The molecule has 1 unspecified atom stereocenters. The molecule has 5 heterocycles. The van der Waals surface area contributed by atoms with Gasteiger partial charge < -0.3 is 33.1 Å². The lowest BCUT2D eigenvalue weighted by Crippen LogP contribution is -2.56. The quantitative estimate of drug-likeness (QED) is 0.600. The first kappa shape index (κ1) is 20.1. The van der Waals surface area contributed by atoms with Crippen LogP contribution in [0, 0.1) is 0 Å². The molecular formula is C17H26N6O5Si2. The van der Waals surface area contributed by atoms with Crippen LogP contribution in [0.1, 0.15) is 11.8 Å². The van der Waals surface area contributed by atoms with Crippen molar-refractivity contribution < 1.29 is 22.8 Å². The summed E-state index contributed by atoms with van der Waals surface area (Å²) < 4.78 is 26.7. The number of nitrogens with two attached hydrogens (primary N) is 1. The van der Waals surface area contributed by atoms with Gasteiger partial charge in [0.2, 0.25) is 0 Å². The number of amidine groups is 1. The van der Waals surface area contributed by atoms with E-state index in [9.17, 15) is 5.11 Å². The van der Waals surface area contributed by atoms with Gasteiger partial charge in [-0.05, 0) is 26.2 Å². The van der Waals surface area contributed by atoms with E-state index in [1.54, 1.807) is 22.8 Å². The number of aliphatic hydroxyl groups excluding tert-OH is 1. The molecule has 162 valence electrons. The van der Waals surface area contributed by atoms with Crippen molar-refractivity contribution in [1.82, 2.24) is 14.5 Å². The molecule has 3 aliphatic rings. The Morgan fingerprint density at radius 3 is 2.73 bits per heavy atom. The van der Waals surface area contributed by atoms with Crippen LogP contribution >= 0.6 is 0 Å². The van der Waals surface area contributed by atoms with Gasteiger partial charge in [-0.25, -0.2) is 15.0 Å². The van der Waals surface area contributed by atoms with Crippen LogP contribution in [-0.2, 0) is 17.7 Å². The van der Waals surface area contributed by atoms with Gasteiger partial charge in [0.05, 0.1) is 12.0 Å². The van der Waals surface area contributed by atoms with E-state index in [2.05, 4.69) is 15.1 Å². The largest absolute Gasteiger partial charge is 0.415 e. The van der Waals surface area contributed by atoms with Gasteiger partial charge >= 0.3 is 17.1 Å². The van der Waals surface area contributed by atoms with Crippen LogP contribution < -0.4 is 10.7 Å². The van der Waals surface area contributed by atoms with E-state index < -0.39 is 41.7 Å². The second-order valence-electron chi connectivity index (χ2n) is 8.71. The van der Waals surface area contributed by atoms with Crippen LogP contribution in [0.15, 0.2) is 17.6 Å². The van der Waals surface area contributed by atoms with Gasteiger partial charge in [0, 0.05) is 18.8 Å². The number of anilines is 1. The number of hydrogen-bond donors (Lipinski definition) is 2. The molecule has 3 N–H and O–H groups in total. The van der Waals surface area contributed by atoms with Crippen molar-refractivity contribution in [3.8, 4) is 0 Å². The minimum atomic E-state index is -2.53. The second kappa shape index (κ2) is 6.56. The highest BCUT2D eigenvalue weighted by atomic mass is 28.5. The molecule has 2 fully saturated rings. The monoisotopic (exact) mass is 450 g/mol. The molecule has 2 aromatic rings. The van der Waals surface area contributed by atoms with Crippen LogP contribution in [0.25, 0.3) is 11.0 Å². The fourth-order valence-corrected chi connectivity index (χ4v) is 11.1. The lowest BCUT2D eigenvalue weighted by Gasteiger charge is -2.39. The molecule has 0 bridgehead atoms. The molecule has 3 aliphatic heterocycles. The van der Waals surface area contributed by atoms with Gasteiger partial charge in [-0.3, -0.25) is 0 Å². The Morgan fingerprint density at radius 1 is 1.20 bits per heavy atom. The zero-order valence-corrected chi connectivity index (χ0v) is 19.6. The summed E-state index contributed by atoms with van der Waals surface area (Å²) in [6.45, 7) is 8.21. The number of rotatable bonds is 1. The van der Waals surface area contributed by atoms with Crippen LogP contribution in [0.4, 0.5) is 5.82 Å². The molecule has 11 nitrogen and oxygen atoms in total. The molecule has 0 saturated carbocycles. The van der Waals surface area contributed by atoms with Crippen molar-refractivity contribution in [2.45, 2.75) is 50.7 Å². The summed E-state index contributed by atoms with van der Waals surface area (Å²) in [6.07, 6.45) is 0.631. The Morgan fingerprint density at radius 2 is 1.97 bits per heavy atom. The van der Waals surface area contributed by atoms with Gasteiger partial charge in [0.1, 0.15) is 30.3 Å². The summed E-state index contributed by atoms with van der Waals surface area (Å²) in [5.74, 6) is 1.01. The Balaban J connectivity index is 1.56. The first-order chi connectivity index (χ1) is 14.1. The van der Waals surface area contributed by atoms with Gasteiger partial charge in [0.25, 0.3) is 0 Å². The maximum absolute atomic E-state index is 11.2. The van der Waals surface area contributed by atoms with Crippen molar-refractivity contribution >= 4 is 39.8 Å². The maximum Gasteiger partial charge on any atom is 0.323 e. The highest BCUT2D eigenvalue weighted by Gasteiger charge is 2.52. The molecule has 5 rings (SSSR count). The van der Waals surface area contributed by atoms with E-state index >= 15 is 0 Å². The first-order valence-electron chi connectivity index (χ1n) is 9.85. The van der Waals surface area contributed by atoms with E-state index in [4.69, 9.17) is 23.4 Å². The minimum Gasteiger partial charge on any atom is -0.415 e. The van der Waals surface area contributed by atoms with E-state index in [0.717, 1.165) is 5.39 Å². The fourth-order valence-electron chi connectivity index (χ4n) is 4.45. The molecule has 2 saturated heterocycles. The van der Waals surface area contributed by atoms with Gasteiger partial charge in [-0.15, -0.1) is 0 Å². The SMILES string of the molecule is CN1N=C(N)c2cn([C@@H]3O[C@@H]4CO[Si](C)(C)O[Si](C)(C)OC4[C@@H]3O)c3ncnc1c23. The molecule has 30 heavy (non-hydrogen) atoms. The van der Waals surface area contributed by atoms with Crippen LogP contribution in [0.5, 0.6) is 0 Å². The number of aromatic nitrogens is 3. The van der Waals surface area contributed by atoms with Crippen molar-refractivity contribution in [3.05, 3.63) is 18.1 Å². The average molecular weight is 451 g/mol. The summed E-state index contributed by atoms with van der Waals surface area (Å²) in [7, 11) is -3.09. The number of hydrazone groups is 1. The highest BCUT2D eigenvalue weighted by Crippen LogP contribution is 2.40. The lowest BCUT2D eigenvalue weighted by molar-refractivity contribution is -0.0536. The van der Waals surface area contributed by atoms with Crippen LogP contribution in [0.2, 0.25) is 26.2 Å². The molecule has 0 aromatic carbocycles. The predicted molar refractivity (Wildman–Crippen MR) is 113 cm³/mol. The summed E-state index contributed by atoms with van der Waals surface area (Å²) in [4.78, 5) is 8.77. The van der Waals surface area contributed by atoms with Crippen molar-refractivity contribution in [1.29, 1.82) is 0 Å². The number of aliphatic hydroxyl groups is 1. The Hall–Kier alpha value is -1.88. The highest BCUT2D eigenvalue weighted by molar-refractivity contribution is 6.78. The van der Waals surface area contributed by atoms with E-state index in [0.29, 0.717) is 29.5 Å². The smallest absolute Gasteiger partial charge is 0.323 e. The summed E-state index contributed by atoms with van der Waals surface area (Å²) >= 11 is 0. The average Bonchev–Trinajstić information content (AvgIpc) is 3.16. The topological polar surface area (TPSA) is 129 Å². The van der Waals surface area contributed by atoms with Gasteiger partial charge in [0.15, 0.2) is 17.9 Å². The summed E-state index contributed by atoms with van der Waals surface area (Å²) in [6, 6.07) is 0. The van der Waals surface area contributed by atoms with Crippen molar-refractivity contribution in [3.63, 3.8) is 0 Å². The number of fused-ring (bicyclic) bond motifs is 1. The number of ether oxygens (including phenoxy) is 1. The second-order valence-corrected chi connectivity index (χ2v) is 15.6. The third-order valence-corrected chi connectivity index (χ3v) is 11.2. The first-order valence-corrected chi connectivity index (χ1v) is 15.5. The third kappa shape index (κ3) is 3.08. The summed E-state index contributed by atoms with van der Waals surface area (Å²) in [5.41, 5.74) is 7.47.